The molecule has 0 aliphatic carbocycles. The summed E-state index contributed by atoms with van der Waals surface area (Å²) in [5, 5.41) is 15.5. The van der Waals surface area contributed by atoms with Gasteiger partial charge in [0.1, 0.15) is 6.61 Å². The minimum atomic E-state index is -0.240. The van der Waals surface area contributed by atoms with E-state index in [0.29, 0.717) is 22.0 Å². The molecule has 34 heavy (non-hydrogen) atoms. The molecule has 0 unspecified atom stereocenters. The van der Waals surface area contributed by atoms with E-state index in [9.17, 15) is 10.1 Å². The highest BCUT2D eigenvalue weighted by Gasteiger charge is 2.27. The highest BCUT2D eigenvalue weighted by atomic mass is 32.2. The molecule has 1 aliphatic heterocycles. The normalized spacial score (nSPS) is 16.1. The molecule has 4 rings (SSSR count). The number of carbonyl (C=O) groups excluding carboxylic acids is 1. The highest BCUT2D eigenvalue weighted by Crippen LogP contribution is 2.33. The first-order valence-corrected chi connectivity index (χ1v) is 11.8. The molecule has 2 N–H and O–H groups in total. The van der Waals surface area contributed by atoms with E-state index in [4.69, 9.17) is 9.47 Å². The fourth-order valence-corrected chi connectivity index (χ4v) is 4.49. The van der Waals surface area contributed by atoms with Crippen molar-refractivity contribution in [2.45, 2.75) is 25.4 Å². The van der Waals surface area contributed by atoms with Crippen LogP contribution in [0.4, 0.5) is 5.69 Å². The van der Waals surface area contributed by atoms with Crippen molar-refractivity contribution in [1.29, 1.82) is 5.26 Å². The molecule has 1 aliphatic rings. The molecule has 3 aromatic carbocycles. The van der Waals surface area contributed by atoms with Gasteiger partial charge in [-0.1, -0.05) is 55.1 Å². The summed E-state index contributed by atoms with van der Waals surface area (Å²) in [6, 6.07) is 23.2. The van der Waals surface area contributed by atoms with Gasteiger partial charge in [0.25, 0.3) is 5.91 Å². The summed E-state index contributed by atoms with van der Waals surface area (Å²) in [6.45, 7) is 2.37. The number of aryl methyl sites for hydroxylation is 1. The van der Waals surface area contributed by atoms with Crippen LogP contribution < -0.4 is 20.1 Å². The predicted octanol–water partition coefficient (Wildman–Crippen LogP) is 5.31. The fraction of sp³-hybridized carbons (Fsp3) is 0.185. The summed E-state index contributed by atoms with van der Waals surface area (Å²) in [4.78, 5) is 13.1. The maximum atomic E-state index is 12.5. The Labute approximate surface area is 203 Å². The second kappa shape index (κ2) is 10.8. The summed E-state index contributed by atoms with van der Waals surface area (Å²) in [7, 11) is 1.57. The summed E-state index contributed by atoms with van der Waals surface area (Å²) in [6.07, 6.45) is 2.82. The lowest BCUT2D eigenvalue weighted by molar-refractivity contribution is -0.116. The summed E-state index contributed by atoms with van der Waals surface area (Å²) in [5.41, 5.74) is 4.20. The van der Waals surface area contributed by atoms with Crippen molar-refractivity contribution in [1.82, 2.24) is 5.32 Å². The van der Waals surface area contributed by atoms with Gasteiger partial charge >= 0.3 is 0 Å². The van der Waals surface area contributed by atoms with Crippen LogP contribution in [-0.4, -0.2) is 18.5 Å². The van der Waals surface area contributed by atoms with Gasteiger partial charge in [-0.2, -0.15) is 5.26 Å². The van der Waals surface area contributed by atoms with E-state index in [1.54, 1.807) is 13.2 Å². The van der Waals surface area contributed by atoms with Gasteiger partial charge in [-0.3, -0.25) is 4.79 Å². The van der Waals surface area contributed by atoms with Gasteiger partial charge in [-0.25, -0.2) is 0 Å². The molecule has 1 atom stereocenters. The molecule has 0 radical (unpaired) electrons. The molecule has 0 saturated carbocycles. The van der Waals surface area contributed by atoms with Crippen molar-refractivity contribution in [2.24, 2.45) is 0 Å². The number of anilines is 1. The molecule has 1 saturated heterocycles. The molecule has 1 amide bonds. The number of hydrogen-bond donors (Lipinski definition) is 2. The largest absolute Gasteiger partial charge is 0.493 e. The second-order valence-corrected chi connectivity index (χ2v) is 8.79. The van der Waals surface area contributed by atoms with Crippen molar-refractivity contribution in [3.8, 4) is 17.6 Å². The van der Waals surface area contributed by atoms with Crippen LogP contribution in [0.2, 0.25) is 0 Å². The first-order chi connectivity index (χ1) is 16.6. The van der Waals surface area contributed by atoms with E-state index in [2.05, 4.69) is 35.8 Å². The van der Waals surface area contributed by atoms with Crippen molar-refractivity contribution in [3.05, 3.63) is 93.9 Å². The zero-order chi connectivity index (χ0) is 23.9. The van der Waals surface area contributed by atoms with Gasteiger partial charge in [0.2, 0.25) is 0 Å². The number of nitrogens with one attached hydrogen (secondary N) is 2. The average Bonchev–Trinajstić information content (AvgIpc) is 3.21. The topological polar surface area (TPSA) is 83.4 Å². The van der Waals surface area contributed by atoms with Crippen LogP contribution in [0.25, 0.3) is 6.08 Å². The number of benzene rings is 3. The monoisotopic (exact) mass is 471 g/mol. The van der Waals surface area contributed by atoms with E-state index < -0.39 is 0 Å². The van der Waals surface area contributed by atoms with Crippen molar-refractivity contribution in [3.63, 3.8) is 0 Å². The number of nitrogens with zero attached hydrogens (tertiary/aromatic N) is 1. The van der Waals surface area contributed by atoms with E-state index in [1.165, 1.54) is 17.3 Å². The number of hydrogen-bond acceptors (Lipinski definition) is 6. The molecule has 0 spiro atoms. The third-order valence-corrected chi connectivity index (χ3v) is 6.43. The number of thioether (sulfide) groups is 1. The van der Waals surface area contributed by atoms with E-state index in [0.717, 1.165) is 23.2 Å². The van der Waals surface area contributed by atoms with Crippen LogP contribution in [0.15, 0.2) is 71.6 Å². The minimum Gasteiger partial charge on any atom is -0.493 e. The standard InChI is InChI=1S/C27H25N3O3S/c1-3-18-8-11-22(12-9-18)29-27-30-26(31)25(34-27)15-19-10-13-23(24(14-19)32-2)33-17-21-7-5-4-6-20(21)16-28/h4-15,27,29H,3,17H2,1-2H3,(H,30,31)/b25-15-/t27-/m0/s1. The maximum absolute atomic E-state index is 12.5. The van der Waals surface area contributed by atoms with Crippen LogP contribution in [0.3, 0.4) is 0 Å². The number of carbonyl (C=O) groups is 1. The predicted molar refractivity (Wildman–Crippen MR) is 135 cm³/mol. The number of methoxy groups -OCH3 is 1. The lowest BCUT2D eigenvalue weighted by atomic mass is 10.1. The number of nitriles is 1. The number of rotatable bonds is 8. The van der Waals surface area contributed by atoms with Gasteiger partial charge in [0.15, 0.2) is 17.0 Å². The molecule has 6 nitrogen and oxygen atoms in total. The number of ether oxygens (including phenoxy) is 2. The quantitative estimate of drug-likeness (QED) is 0.433. The van der Waals surface area contributed by atoms with Crippen LogP contribution in [0.1, 0.15) is 29.2 Å². The molecular weight excluding hydrogens is 446 g/mol. The zero-order valence-electron chi connectivity index (χ0n) is 19.0. The summed E-state index contributed by atoms with van der Waals surface area (Å²) in [5.74, 6) is 0.994. The molecule has 0 aromatic heterocycles. The van der Waals surface area contributed by atoms with Crippen molar-refractivity contribution in [2.75, 3.05) is 12.4 Å². The second-order valence-electron chi connectivity index (χ2n) is 7.64. The molecule has 0 bridgehead atoms. The van der Waals surface area contributed by atoms with E-state index in [-0.39, 0.29) is 18.0 Å². The molecule has 7 heteroatoms. The molecule has 3 aromatic rings. The Balaban J connectivity index is 1.44. The molecular formula is C27H25N3O3S. The SMILES string of the molecule is CCc1ccc(N[C@H]2NC(=O)/C(=C/c3ccc(OCc4ccccc4C#N)c(OC)c3)S2)cc1. The number of amides is 1. The third-order valence-electron chi connectivity index (χ3n) is 5.40. The first kappa shape index (κ1) is 23.3. The Morgan fingerprint density at radius 3 is 2.65 bits per heavy atom. The molecule has 1 heterocycles. The smallest absolute Gasteiger partial charge is 0.260 e. The Morgan fingerprint density at radius 1 is 1.12 bits per heavy atom. The zero-order valence-corrected chi connectivity index (χ0v) is 19.8. The van der Waals surface area contributed by atoms with Gasteiger partial charge in [0, 0.05) is 11.3 Å². The molecule has 172 valence electrons. The molecule has 1 fully saturated rings. The first-order valence-electron chi connectivity index (χ1n) is 10.9. The van der Waals surface area contributed by atoms with Crippen LogP contribution in [0.5, 0.6) is 11.5 Å². The van der Waals surface area contributed by atoms with Crippen molar-refractivity contribution >= 4 is 29.4 Å². The average molecular weight is 472 g/mol. The Kier molecular flexibility index (Phi) is 7.41. The van der Waals surface area contributed by atoms with E-state index >= 15 is 0 Å². The van der Waals surface area contributed by atoms with Gasteiger partial charge < -0.3 is 20.1 Å². The lowest BCUT2D eigenvalue weighted by Gasteiger charge is -2.13. The maximum Gasteiger partial charge on any atom is 0.260 e. The van der Waals surface area contributed by atoms with Crippen LogP contribution in [-0.2, 0) is 17.8 Å². The van der Waals surface area contributed by atoms with Gasteiger partial charge in [0.05, 0.1) is 23.6 Å². The Morgan fingerprint density at radius 2 is 1.91 bits per heavy atom. The highest BCUT2D eigenvalue weighted by molar-refractivity contribution is 8.05. The van der Waals surface area contributed by atoms with Gasteiger partial charge in [-0.15, -0.1) is 0 Å². The van der Waals surface area contributed by atoms with Crippen LogP contribution >= 0.6 is 11.8 Å². The third kappa shape index (κ3) is 5.53. The Hall–Kier alpha value is -3.89. The minimum absolute atomic E-state index is 0.125. The van der Waals surface area contributed by atoms with Gasteiger partial charge in [-0.05, 0) is 54.0 Å². The summed E-state index contributed by atoms with van der Waals surface area (Å²) < 4.78 is 11.4. The summed E-state index contributed by atoms with van der Waals surface area (Å²) >= 11 is 1.43. The van der Waals surface area contributed by atoms with E-state index in [1.807, 2.05) is 54.6 Å². The fourth-order valence-electron chi connectivity index (χ4n) is 3.51. The lowest BCUT2D eigenvalue weighted by Crippen LogP contribution is -2.30. The van der Waals surface area contributed by atoms with Crippen molar-refractivity contribution < 1.29 is 14.3 Å². The van der Waals surface area contributed by atoms with Crippen LogP contribution in [0, 0.1) is 11.3 Å². The Bertz CT molecular complexity index is 1250.